The lowest BCUT2D eigenvalue weighted by atomic mass is 10.3. The van der Waals surface area contributed by atoms with Crippen LogP contribution in [0.1, 0.15) is 0 Å². The molecule has 1 saturated heterocycles. The first-order chi connectivity index (χ1) is 9.78. The molecule has 0 bridgehead atoms. The van der Waals surface area contributed by atoms with Gasteiger partial charge in [-0.3, -0.25) is 16.0 Å². The molecular formula is C10H14N4O6S. The maximum absolute atomic E-state index is 12.4. The van der Waals surface area contributed by atoms with Crippen LogP contribution in [-0.2, 0) is 10.0 Å². The molecule has 0 amide bonds. The van der Waals surface area contributed by atoms with E-state index in [1.54, 1.807) is 0 Å². The Labute approximate surface area is 120 Å². The Balaban J connectivity index is 2.53. The van der Waals surface area contributed by atoms with E-state index in [4.69, 9.17) is 5.84 Å². The van der Waals surface area contributed by atoms with E-state index in [2.05, 4.69) is 5.43 Å². The molecule has 21 heavy (non-hydrogen) atoms. The van der Waals surface area contributed by atoms with Crippen LogP contribution >= 0.6 is 0 Å². The fourth-order valence-corrected chi connectivity index (χ4v) is 3.76. The number of aliphatic hydroxyl groups is 2. The van der Waals surface area contributed by atoms with Gasteiger partial charge in [0.05, 0.1) is 17.1 Å². The van der Waals surface area contributed by atoms with Crippen molar-refractivity contribution in [2.45, 2.75) is 17.1 Å². The predicted molar refractivity (Wildman–Crippen MR) is 71.7 cm³/mol. The minimum Gasteiger partial charge on any atom is -0.389 e. The first-order valence-electron chi connectivity index (χ1n) is 5.89. The SMILES string of the molecule is NNc1cccc(S(=O)(=O)N2CC(O)C(O)C2)c1[N+](=O)[O-]. The summed E-state index contributed by atoms with van der Waals surface area (Å²) in [5, 5.41) is 30.0. The molecule has 11 heteroatoms. The van der Waals surface area contributed by atoms with Crippen LogP contribution in [-0.4, -0.2) is 53.2 Å². The third-order valence-electron chi connectivity index (χ3n) is 3.18. The van der Waals surface area contributed by atoms with E-state index < -0.39 is 37.7 Å². The number of hydrogen-bond acceptors (Lipinski definition) is 8. The fourth-order valence-electron chi connectivity index (χ4n) is 2.11. The molecular weight excluding hydrogens is 304 g/mol. The smallest absolute Gasteiger partial charge is 0.313 e. The monoisotopic (exact) mass is 318 g/mol. The topological polar surface area (TPSA) is 159 Å². The first-order valence-corrected chi connectivity index (χ1v) is 7.33. The summed E-state index contributed by atoms with van der Waals surface area (Å²) in [6, 6.07) is 3.65. The van der Waals surface area contributed by atoms with E-state index in [1.807, 2.05) is 0 Å². The van der Waals surface area contributed by atoms with Gasteiger partial charge in [0, 0.05) is 13.1 Å². The van der Waals surface area contributed by atoms with Gasteiger partial charge >= 0.3 is 5.69 Å². The lowest BCUT2D eigenvalue weighted by Crippen LogP contribution is -2.30. The maximum atomic E-state index is 12.4. The Morgan fingerprint density at radius 2 is 1.90 bits per heavy atom. The van der Waals surface area contributed by atoms with Crippen LogP contribution in [0.4, 0.5) is 11.4 Å². The molecule has 2 rings (SSSR count). The number of hydrogen-bond donors (Lipinski definition) is 4. The summed E-state index contributed by atoms with van der Waals surface area (Å²) in [6.07, 6.45) is -2.45. The molecule has 1 aliphatic heterocycles. The molecule has 0 saturated carbocycles. The lowest BCUT2D eigenvalue weighted by molar-refractivity contribution is -0.386. The zero-order valence-electron chi connectivity index (χ0n) is 10.7. The average molecular weight is 318 g/mol. The van der Waals surface area contributed by atoms with Crippen molar-refractivity contribution in [3.63, 3.8) is 0 Å². The minimum atomic E-state index is -4.24. The molecule has 2 unspecified atom stereocenters. The summed E-state index contributed by atoms with van der Waals surface area (Å²) in [7, 11) is -4.24. The number of β-amino-alcohol motifs (C(OH)–C–C–N with tert-alkyl or cyclic N) is 2. The van der Waals surface area contributed by atoms with Gasteiger partial charge in [0.15, 0.2) is 4.90 Å². The number of benzene rings is 1. The van der Waals surface area contributed by atoms with Crippen molar-refractivity contribution in [2.24, 2.45) is 5.84 Å². The maximum Gasteiger partial charge on any atom is 0.313 e. The van der Waals surface area contributed by atoms with Crippen molar-refractivity contribution in [1.29, 1.82) is 0 Å². The number of nitrogens with one attached hydrogen (secondary N) is 1. The zero-order valence-corrected chi connectivity index (χ0v) is 11.5. The summed E-state index contributed by atoms with van der Waals surface area (Å²) < 4.78 is 25.7. The molecule has 10 nitrogen and oxygen atoms in total. The predicted octanol–water partition coefficient (Wildman–Crippen LogP) is -1.39. The van der Waals surface area contributed by atoms with Gasteiger partial charge < -0.3 is 15.6 Å². The largest absolute Gasteiger partial charge is 0.389 e. The molecule has 116 valence electrons. The van der Waals surface area contributed by atoms with Crippen LogP contribution in [0.15, 0.2) is 23.1 Å². The van der Waals surface area contributed by atoms with Crippen molar-refractivity contribution < 1.29 is 23.6 Å². The Morgan fingerprint density at radius 1 is 1.33 bits per heavy atom. The molecule has 1 fully saturated rings. The van der Waals surface area contributed by atoms with Gasteiger partial charge in [-0.05, 0) is 12.1 Å². The molecule has 0 radical (unpaired) electrons. The number of hydrazine groups is 1. The number of nitrogens with zero attached hydrogens (tertiary/aromatic N) is 2. The second kappa shape index (κ2) is 5.54. The number of aliphatic hydroxyl groups excluding tert-OH is 2. The van der Waals surface area contributed by atoms with Gasteiger partial charge in [0.1, 0.15) is 5.69 Å². The molecule has 1 aromatic carbocycles. The van der Waals surface area contributed by atoms with Gasteiger partial charge in [-0.25, -0.2) is 8.42 Å². The minimum absolute atomic E-state index is 0.152. The molecule has 5 N–H and O–H groups in total. The number of nitro benzene ring substituents is 1. The normalized spacial score (nSPS) is 23.2. The number of anilines is 1. The number of nitrogen functional groups attached to an aromatic ring is 1. The summed E-state index contributed by atoms with van der Waals surface area (Å²) in [5.74, 6) is 5.16. The van der Waals surface area contributed by atoms with Gasteiger partial charge in [-0.2, -0.15) is 4.31 Å². The second-order valence-electron chi connectivity index (χ2n) is 4.51. The third kappa shape index (κ3) is 2.69. The highest BCUT2D eigenvalue weighted by Crippen LogP contribution is 2.34. The van der Waals surface area contributed by atoms with Crippen LogP contribution in [0.25, 0.3) is 0 Å². The highest BCUT2D eigenvalue weighted by Gasteiger charge is 2.40. The van der Waals surface area contributed by atoms with Gasteiger partial charge in [0.25, 0.3) is 0 Å². The fraction of sp³-hybridized carbons (Fsp3) is 0.400. The van der Waals surface area contributed by atoms with Crippen LogP contribution in [0, 0.1) is 10.1 Å². The van der Waals surface area contributed by atoms with Crippen molar-refractivity contribution >= 4 is 21.4 Å². The van der Waals surface area contributed by atoms with Crippen molar-refractivity contribution in [1.82, 2.24) is 4.31 Å². The quantitative estimate of drug-likeness (QED) is 0.300. The highest BCUT2D eigenvalue weighted by atomic mass is 32.2. The molecule has 1 aliphatic rings. The van der Waals surface area contributed by atoms with Crippen LogP contribution in [0.5, 0.6) is 0 Å². The molecule has 0 spiro atoms. The Hall–Kier alpha value is -1.79. The molecule has 1 heterocycles. The van der Waals surface area contributed by atoms with Gasteiger partial charge in [0.2, 0.25) is 10.0 Å². The average Bonchev–Trinajstić information content (AvgIpc) is 2.78. The zero-order chi connectivity index (χ0) is 15.8. The standard InChI is InChI=1S/C10H14N4O6S/c11-12-6-2-1-3-9(10(6)14(17)18)21(19,20)13-4-7(15)8(16)5-13/h1-3,7-8,12,15-16H,4-5,11H2. The van der Waals surface area contributed by atoms with Gasteiger partial charge in [-0.1, -0.05) is 6.07 Å². The van der Waals surface area contributed by atoms with Crippen LogP contribution in [0.2, 0.25) is 0 Å². The Morgan fingerprint density at radius 3 is 2.38 bits per heavy atom. The number of nitrogens with two attached hydrogens (primary N) is 1. The van der Waals surface area contributed by atoms with E-state index >= 15 is 0 Å². The van der Waals surface area contributed by atoms with Crippen molar-refractivity contribution in [3.05, 3.63) is 28.3 Å². The van der Waals surface area contributed by atoms with E-state index in [0.29, 0.717) is 0 Å². The van der Waals surface area contributed by atoms with E-state index in [0.717, 1.165) is 10.4 Å². The summed E-state index contributed by atoms with van der Waals surface area (Å²) in [5.41, 5.74) is 1.24. The number of sulfonamides is 1. The molecule has 2 atom stereocenters. The Kier molecular flexibility index (Phi) is 4.11. The number of rotatable bonds is 4. The third-order valence-corrected chi connectivity index (χ3v) is 5.04. The molecule has 0 aliphatic carbocycles. The highest BCUT2D eigenvalue weighted by molar-refractivity contribution is 7.89. The Bertz CT molecular complexity index is 654. The van der Waals surface area contributed by atoms with E-state index in [9.17, 15) is 28.7 Å². The first kappa shape index (κ1) is 15.6. The van der Waals surface area contributed by atoms with Crippen molar-refractivity contribution in [3.8, 4) is 0 Å². The van der Waals surface area contributed by atoms with E-state index in [-0.39, 0.29) is 18.8 Å². The summed E-state index contributed by atoms with van der Waals surface area (Å²) in [6.45, 7) is -0.665. The molecule has 1 aromatic rings. The molecule has 0 aromatic heterocycles. The number of para-hydroxylation sites is 1. The second-order valence-corrected chi connectivity index (χ2v) is 6.42. The summed E-state index contributed by atoms with van der Waals surface area (Å²) >= 11 is 0. The summed E-state index contributed by atoms with van der Waals surface area (Å²) in [4.78, 5) is 9.71. The number of nitro groups is 1. The van der Waals surface area contributed by atoms with Crippen LogP contribution in [0.3, 0.4) is 0 Å². The van der Waals surface area contributed by atoms with Crippen molar-refractivity contribution in [2.75, 3.05) is 18.5 Å². The van der Waals surface area contributed by atoms with E-state index in [1.165, 1.54) is 12.1 Å². The van der Waals surface area contributed by atoms with Crippen LogP contribution < -0.4 is 11.3 Å². The lowest BCUT2D eigenvalue weighted by Gasteiger charge is -2.16. The van der Waals surface area contributed by atoms with Gasteiger partial charge in [-0.15, -0.1) is 0 Å².